The van der Waals surface area contributed by atoms with Crippen LogP contribution in [0.15, 0.2) is 29.2 Å². The summed E-state index contributed by atoms with van der Waals surface area (Å²) < 4.78 is 39.9. The molecule has 0 saturated heterocycles. The maximum absolute atomic E-state index is 12.9. The molecule has 4 nitrogen and oxygen atoms in total. The summed E-state index contributed by atoms with van der Waals surface area (Å²) in [5, 5.41) is 3.30. The third-order valence-electron chi connectivity index (χ3n) is 3.02. The molecule has 2 aromatic heterocycles. The minimum atomic E-state index is -4.48. The highest BCUT2D eigenvalue weighted by Gasteiger charge is 2.33. The van der Waals surface area contributed by atoms with Crippen LogP contribution < -0.4 is 5.56 Å². The number of H-pyrrole nitrogens is 1. The van der Waals surface area contributed by atoms with Crippen molar-refractivity contribution >= 4 is 21.8 Å². The van der Waals surface area contributed by atoms with Gasteiger partial charge in [0, 0.05) is 18.6 Å². The number of nitrogens with zero attached hydrogens (tertiary/aromatic N) is 2. The largest absolute Gasteiger partial charge is 0.418 e. The Kier molecular flexibility index (Phi) is 2.23. The topological polar surface area (TPSA) is 50.7 Å². The first-order valence-corrected chi connectivity index (χ1v) is 5.43. The van der Waals surface area contributed by atoms with Crippen LogP contribution in [0.4, 0.5) is 13.2 Å². The number of aromatic nitrogens is 3. The molecular weight excluding hydrogens is 259 g/mol. The molecule has 0 aliphatic heterocycles. The van der Waals surface area contributed by atoms with Crippen molar-refractivity contribution in [2.24, 2.45) is 7.05 Å². The molecule has 98 valence electrons. The van der Waals surface area contributed by atoms with Crippen LogP contribution in [0.2, 0.25) is 0 Å². The fourth-order valence-electron chi connectivity index (χ4n) is 2.13. The minimum absolute atomic E-state index is 0.163. The molecule has 0 aliphatic carbocycles. The smallest absolute Gasteiger partial charge is 0.294 e. The molecule has 0 radical (unpaired) electrons. The zero-order valence-electron chi connectivity index (χ0n) is 9.75. The van der Waals surface area contributed by atoms with Crippen LogP contribution in [-0.4, -0.2) is 14.8 Å². The average Bonchev–Trinajstić information content (AvgIpc) is 2.64. The Balaban J connectivity index is 2.52. The molecule has 0 amide bonds. The number of halogens is 3. The maximum Gasteiger partial charge on any atom is 0.418 e. The van der Waals surface area contributed by atoms with Crippen molar-refractivity contribution in [3.8, 4) is 0 Å². The molecule has 1 aromatic carbocycles. The van der Waals surface area contributed by atoms with E-state index in [1.807, 2.05) is 0 Å². The quantitative estimate of drug-likeness (QED) is 0.680. The number of benzene rings is 1. The van der Waals surface area contributed by atoms with Crippen molar-refractivity contribution < 1.29 is 13.2 Å². The van der Waals surface area contributed by atoms with E-state index >= 15 is 0 Å². The predicted octanol–water partition coefficient (Wildman–Crippen LogP) is 2.43. The number of pyridine rings is 1. The van der Waals surface area contributed by atoms with Gasteiger partial charge < -0.3 is 0 Å². The van der Waals surface area contributed by atoms with Gasteiger partial charge in [0.15, 0.2) is 0 Å². The monoisotopic (exact) mass is 267 g/mol. The number of hydrogen-bond acceptors (Lipinski definition) is 2. The molecule has 3 rings (SSSR count). The summed E-state index contributed by atoms with van der Waals surface area (Å²) in [7, 11) is 1.50. The second-order valence-electron chi connectivity index (χ2n) is 4.22. The summed E-state index contributed by atoms with van der Waals surface area (Å²) in [6, 6.07) is 3.79. The van der Waals surface area contributed by atoms with Crippen LogP contribution in [0, 0.1) is 0 Å². The molecule has 0 bridgehead atoms. The fraction of sp³-hybridized carbons (Fsp3) is 0.167. The predicted molar refractivity (Wildman–Crippen MR) is 63.8 cm³/mol. The first-order chi connectivity index (χ1) is 8.89. The summed E-state index contributed by atoms with van der Waals surface area (Å²) in [5.74, 6) is 0. The van der Waals surface area contributed by atoms with E-state index in [0.717, 1.165) is 6.07 Å². The summed E-state index contributed by atoms with van der Waals surface area (Å²) in [5.41, 5.74) is -0.925. The van der Waals surface area contributed by atoms with E-state index in [-0.39, 0.29) is 21.8 Å². The van der Waals surface area contributed by atoms with Crippen LogP contribution in [0.25, 0.3) is 21.8 Å². The second-order valence-corrected chi connectivity index (χ2v) is 4.22. The Morgan fingerprint density at radius 2 is 2.00 bits per heavy atom. The molecule has 1 N–H and O–H groups in total. The van der Waals surface area contributed by atoms with Gasteiger partial charge in [0.05, 0.1) is 22.0 Å². The van der Waals surface area contributed by atoms with E-state index < -0.39 is 11.7 Å². The zero-order valence-corrected chi connectivity index (χ0v) is 9.75. The highest BCUT2D eigenvalue weighted by molar-refractivity contribution is 6.03. The summed E-state index contributed by atoms with van der Waals surface area (Å²) in [6.07, 6.45) is -3.30. The van der Waals surface area contributed by atoms with Crippen LogP contribution in [0.5, 0.6) is 0 Å². The van der Waals surface area contributed by atoms with E-state index in [4.69, 9.17) is 0 Å². The Morgan fingerprint density at radius 3 is 2.68 bits per heavy atom. The van der Waals surface area contributed by atoms with Gasteiger partial charge in [-0.3, -0.25) is 19.6 Å². The van der Waals surface area contributed by atoms with Crippen LogP contribution in [0.1, 0.15) is 5.56 Å². The number of hydrogen-bond donors (Lipinski definition) is 1. The fourth-order valence-corrected chi connectivity index (χ4v) is 2.13. The molecular formula is C12H8F3N3O. The number of fused-ring (bicyclic) bond motifs is 3. The van der Waals surface area contributed by atoms with Crippen molar-refractivity contribution in [3.63, 3.8) is 0 Å². The lowest BCUT2D eigenvalue weighted by Crippen LogP contribution is -2.11. The third kappa shape index (κ3) is 1.61. The number of alkyl halides is 3. The Bertz CT molecular complexity index is 845. The molecule has 0 unspecified atom stereocenters. The lowest BCUT2D eigenvalue weighted by molar-refractivity contribution is -0.136. The summed E-state index contributed by atoms with van der Waals surface area (Å²) in [6.45, 7) is 0. The van der Waals surface area contributed by atoms with Gasteiger partial charge in [-0.05, 0) is 6.07 Å². The zero-order chi connectivity index (χ0) is 13.8. The van der Waals surface area contributed by atoms with Gasteiger partial charge in [0.25, 0.3) is 5.56 Å². The summed E-state index contributed by atoms with van der Waals surface area (Å²) >= 11 is 0. The number of nitrogens with one attached hydrogen (secondary N) is 1. The van der Waals surface area contributed by atoms with E-state index in [1.165, 1.54) is 30.1 Å². The molecule has 0 spiro atoms. The molecule has 7 heteroatoms. The van der Waals surface area contributed by atoms with Gasteiger partial charge in [-0.2, -0.15) is 13.2 Å². The van der Waals surface area contributed by atoms with Crippen molar-refractivity contribution in [1.29, 1.82) is 0 Å². The highest BCUT2D eigenvalue weighted by Crippen LogP contribution is 2.34. The Morgan fingerprint density at radius 1 is 1.26 bits per heavy atom. The lowest BCUT2D eigenvalue weighted by atomic mass is 10.1. The van der Waals surface area contributed by atoms with Gasteiger partial charge in [-0.25, -0.2) is 0 Å². The van der Waals surface area contributed by atoms with Crippen LogP contribution >= 0.6 is 0 Å². The van der Waals surface area contributed by atoms with Crippen molar-refractivity contribution in [1.82, 2.24) is 14.8 Å². The average molecular weight is 267 g/mol. The first kappa shape index (κ1) is 11.8. The number of aromatic amines is 1. The van der Waals surface area contributed by atoms with Crippen molar-refractivity contribution in [2.45, 2.75) is 6.18 Å². The highest BCUT2D eigenvalue weighted by atomic mass is 19.4. The van der Waals surface area contributed by atoms with Gasteiger partial charge in [0.1, 0.15) is 0 Å². The van der Waals surface area contributed by atoms with Crippen molar-refractivity contribution in [2.75, 3.05) is 0 Å². The Hall–Kier alpha value is -2.31. The van der Waals surface area contributed by atoms with Crippen LogP contribution in [-0.2, 0) is 13.2 Å². The van der Waals surface area contributed by atoms with E-state index in [2.05, 4.69) is 10.1 Å². The molecule has 0 fully saturated rings. The number of rotatable bonds is 0. The van der Waals surface area contributed by atoms with Gasteiger partial charge in [-0.15, -0.1) is 0 Å². The molecule has 0 aliphatic rings. The second kappa shape index (κ2) is 3.59. The van der Waals surface area contributed by atoms with Gasteiger partial charge in [-0.1, -0.05) is 12.1 Å². The minimum Gasteiger partial charge on any atom is -0.294 e. The van der Waals surface area contributed by atoms with E-state index in [9.17, 15) is 18.0 Å². The number of para-hydroxylation sites is 1. The SMILES string of the molecule is Cn1[nH]c2c(cnc3c(C(F)(F)F)cccc32)c1=O. The number of aryl methyl sites for hydroxylation is 1. The molecule has 0 saturated carbocycles. The lowest BCUT2D eigenvalue weighted by Gasteiger charge is -2.09. The van der Waals surface area contributed by atoms with E-state index in [1.54, 1.807) is 0 Å². The first-order valence-electron chi connectivity index (χ1n) is 5.43. The standard InChI is InChI=1S/C12H8F3N3O/c1-18-11(19)7-5-16-10-6(9(7)17-18)3-2-4-8(10)12(13,14)15/h2-5,17H,1H3. The third-order valence-corrected chi connectivity index (χ3v) is 3.02. The van der Waals surface area contributed by atoms with E-state index in [0.29, 0.717) is 5.52 Å². The summed E-state index contributed by atoms with van der Waals surface area (Å²) in [4.78, 5) is 15.5. The normalized spacial score (nSPS) is 12.4. The maximum atomic E-state index is 12.9. The van der Waals surface area contributed by atoms with Crippen LogP contribution in [0.3, 0.4) is 0 Å². The molecule has 0 atom stereocenters. The van der Waals surface area contributed by atoms with Gasteiger partial charge in [0.2, 0.25) is 0 Å². The Labute approximate surface area is 104 Å². The van der Waals surface area contributed by atoms with Crippen molar-refractivity contribution in [3.05, 3.63) is 40.3 Å². The van der Waals surface area contributed by atoms with Gasteiger partial charge >= 0.3 is 6.18 Å². The molecule has 2 heterocycles. The molecule has 19 heavy (non-hydrogen) atoms. The molecule has 3 aromatic rings.